The number of hydrogen-bond donors (Lipinski definition) is 1. The maximum Gasteiger partial charge on any atom is 0.0403 e. The summed E-state index contributed by atoms with van der Waals surface area (Å²) in [6.45, 7) is 3.04. The van der Waals surface area contributed by atoms with E-state index in [0.29, 0.717) is 0 Å². The van der Waals surface area contributed by atoms with E-state index in [9.17, 15) is 0 Å². The van der Waals surface area contributed by atoms with Crippen LogP contribution in [0, 0.1) is 6.92 Å². The molecule has 2 heteroatoms. The maximum atomic E-state index is 3.58. The van der Waals surface area contributed by atoms with E-state index in [1.54, 1.807) is 0 Å². The van der Waals surface area contributed by atoms with Gasteiger partial charge in [0.1, 0.15) is 0 Å². The van der Waals surface area contributed by atoms with Gasteiger partial charge in [-0.25, -0.2) is 0 Å². The molecule has 0 radical (unpaired) electrons. The molecule has 2 aromatic carbocycles. The first-order valence-electron chi connectivity index (χ1n) is 6.82. The average Bonchev–Trinajstić information content (AvgIpc) is 3.25. The van der Waals surface area contributed by atoms with Crippen LogP contribution in [0.2, 0.25) is 0 Å². The van der Waals surface area contributed by atoms with Gasteiger partial charge >= 0.3 is 0 Å². The van der Waals surface area contributed by atoms with E-state index in [1.807, 2.05) is 0 Å². The molecule has 1 aliphatic rings. The highest BCUT2D eigenvalue weighted by Crippen LogP contribution is 2.41. The van der Waals surface area contributed by atoms with Gasteiger partial charge in [-0.1, -0.05) is 46.3 Å². The fourth-order valence-electron chi connectivity index (χ4n) is 2.48. The lowest BCUT2D eigenvalue weighted by Crippen LogP contribution is -2.03. The van der Waals surface area contributed by atoms with Crippen LogP contribution in [0.1, 0.15) is 35.4 Å². The van der Waals surface area contributed by atoms with Gasteiger partial charge in [-0.3, -0.25) is 0 Å². The van der Waals surface area contributed by atoms with Crippen molar-refractivity contribution in [1.82, 2.24) is 0 Å². The molecule has 19 heavy (non-hydrogen) atoms. The number of benzene rings is 2. The second kappa shape index (κ2) is 5.38. The summed E-state index contributed by atoms with van der Waals surface area (Å²) in [7, 11) is 0. The molecule has 0 spiro atoms. The van der Waals surface area contributed by atoms with Crippen LogP contribution in [0.25, 0.3) is 0 Å². The summed E-state index contributed by atoms with van der Waals surface area (Å²) in [5.74, 6) is 0.807. The van der Waals surface area contributed by atoms with Crippen molar-refractivity contribution >= 4 is 21.6 Å². The second-order valence-corrected chi connectivity index (χ2v) is 6.09. The minimum atomic E-state index is 0.807. The van der Waals surface area contributed by atoms with E-state index >= 15 is 0 Å². The van der Waals surface area contributed by atoms with E-state index in [-0.39, 0.29) is 0 Å². The molecule has 1 aliphatic carbocycles. The van der Waals surface area contributed by atoms with E-state index in [4.69, 9.17) is 0 Å². The highest BCUT2D eigenvalue weighted by atomic mass is 79.9. The van der Waals surface area contributed by atoms with Gasteiger partial charge in [-0.05, 0) is 54.5 Å². The van der Waals surface area contributed by atoms with Crippen molar-refractivity contribution in [3.8, 4) is 0 Å². The van der Waals surface area contributed by atoms with Crippen molar-refractivity contribution in [3.05, 3.63) is 63.6 Å². The van der Waals surface area contributed by atoms with Crippen LogP contribution < -0.4 is 5.32 Å². The van der Waals surface area contributed by atoms with Crippen LogP contribution in [-0.2, 0) is 6.54 Å². The Morgan fingerprint density at radius 2 is 1.89 bits per heavy atom. The average molecular weight is 316 g/mol. The summed E-state index contributed by atoms with van der Waals surface area (Å²) in [5, 5.41) is 3.56. The topological polar surface area (TPSA) is 12.0 Å². The summed E-state index contributed by atoms with van der Waals surface area (Å²) in [5.41, 5.74) is 5.44. The van der Waals surface area contributed by atoms with Gasteiger partial charge in [0, 0.05) is 16.7 Å². The predicted molar refractivity (Wildman–Crippen MR) is 84.6 cm³/mol. The highest BCUT2D eigenvalue weighted by molar-refractivity contribution is 9.10. The lowest BCUT2D eigenvalue weighted by molar-refractivity contribution is 1.03. The third kappa shape index (κ3) is 2.84. The first-order valence-corrected chi connectivity index (χ1v) is 7.62. The number of anilines is 1. The van der Waals surface area contributed by atoms with E-state index in [2.05, 4.69) is 70.6 Å². The van der Waals surface area contributed by atoms with Gasteiger partial charge < -0.3 is 5.32 Å². The molecule has 1 nitrogen and oxygen atoms in total. The van der Waals surface area contributed by atoms with Crippen molar-refractivity contribution in [1.29, 1.82) is 0 Å². The van der Waals surface area contributed by atoms with Crippen molar-refractivity contribution in [2.45, 2.75) is 32.2 Å². The number of rotatable bonds is 4. The largest absolute Gasteiger partial charge is 0.381 e. The fourth-order valence-corrected chi connectivity index (χ4v) is 2.84. The van der Waals surface area contributed by atoms with Crippen LogP contribution in [0.5, 0.6) is 0 Å². The summed E-state index contributed by atoms with van der Waals surface area (Å²) in [6.07, 6.45) is 2.71. The lowest BCUT2D eigenvalue weighted by atomic mass is 10.0. The smallest absolute Gasteiger partial charge is 0.0403 e. The normalized spacial score (nSPS) is 14.4. The quantitative estimate of drug-likeness (QED) is 0.812. The maximum absolute atomic E-state index is 3.58. The Morgan fingerprint density at radius 1 is 1.11 bits per heavy atom. The van der Waals surface area contributed by atoms with Crippen molar-refractivity contribution in [2.75, 3.05) is 5.32 Å². The molecule has 0 unspecified atom stereocenters. The van der Waals surface area contributed by atoms with Gasteiger partial charge in [0.2, 0.25) is 0 Å². The van der Waals surface area contributed by atoms with Gasteiger partial charge in [-0.15, -0.1) is 0 Å². The Bertz CT molecular complexity index is 588. The third-order valence-electron chi connectivity index (χ3n) is 3.81. The van der Waals surface area contributed by atoms with Crippen molar-refractivity contribution in [3.63, 3.8) is 0 Å². The number of nitrogens with one attached hydrogen (secondary N) is 1. The Morgan fingerprint density at radius 3 is 2.68 bits per heavy atom. The molecule has 1 saturated carbocycles. The van der Waals surface area contributed by atoms with Crippen molar-refractivity contribution in [2.24, 2.45) is 0 Å². The minimum absolute atomic E-state index is 0.807. The molecule has 0 atom stereocenters. The van der Waals surface area contributed by atoms with Crippen molar-refractivity contribution < 1.29 is 0 Å². The zero-order valence-corrected chi connectivity index (χ0v) is 12.7. The zero-order valence-electron chi connectivity index (χ0n) is 11.1. The zero-order chi connectivity index (χ0) is 13.2. The molecule has 0 bridgehead atoms. The standard InChI is InChI=1S/C17H18BrN/c1-12-16(18)7-4-8-17(12)19-11-14-5-2-3-6-15(14)13-9-10-13/h2-8,13,19H,9-11H2,1H3. The van der Waals surface area contributed by atoms with E-state index in [1.165, 1.54) is 35.2 Å². The predicted octanol–water partition coefficient (Wildman–Crippen LogP) is 5.25. The molecular weight excluding hydrogens is 298 g/mol. The highest BCUT2D eigenvalue weighted by Gasteiger charge is 2.25. The molecule has 3 rings (SSSR count). The molecule has 2 aromatic rings. The summed E-state index contributed by atoms with van der Waals surface area (Å²) < 4.78 is 1.16. The molecule has 1 fully saturated rings. The Kier molecular flexibility index (Phi) is 3.61. The summed E-state index contributed by atoms with van der Waals surface area (Å²) in [4.78, 5) is 0. The first kappa shape index (κ1) is 12.7. The monoisotopic (exact) mass is 315 g/mol. The Labute approximate surface area is 123 Å². The van der Waals surface area contributed by atoms with Gasteiger partial charge in [0.25, 0.3) is 0 Å². The molecule has 0 saturated heterocycles. The molecule has 1 N–H and O–H groups in total. The van der Waals surface area contributed by atoms with Crippen LogP contribution in [-0.4, -0.2) is 0 Å². The summed E-state index contributed by atoms with van der Waals surface area (Å²) >= 11 is 3.58. The minimum Gasteiger partial charge on any atom is -0.381 e. The molecular formula is C17H18BrN. The first-order chi connectivity index (χ1) is 9.25. The lowest BCUT2D eigenvalue weighted by Gasteiger charge is -2.13. The van der Waals surface area contributed by atoms with Gasteiger partial charge in [-0.2, -0.15) is 0 Å². The molecule has 0 aromatic heterocycles. The molecule has 0 aliphatic heterocycles. The van der Waals surface area contributed by atoms with Crippen LogP contribution in [0.15, 0.2) is 46.9 Å². The Balaban J connectivity index is 1.77. The SMILES string of the molecule is Cc1c(Br)cccc1NCc1ccccc1C1CC1. The van der Waals surface area contributed by atoms with E-state index < -0.39 is 0 Å². The fraction of sp³-hybridized carbons (Fsp3) is 0.294. The molecule has 98 valence electrons. The van der Waals surface area contributed by atoms with Crippen LogP contribution >= 0.6 is 15.9 Å². The second-order valence-electron chi connectivity index (χ2n) is 5.24. The number of hydrogen-bond acceptors (Lipinski definition) is 1. The molecule has 0 amide bonds. The van der Waals surface area contributed by atoms with Crippen LogP contribution in [0.4, 0.5) is 5.69 Å². The van der Waals surface area contributed by atoms with Gasteiger partial charge in [0.05, 0.1) is 0 Å². The van der Waals surface area contributed by atoms with E-state index in [0.717, 1.165) is 16.9 Å². The number of halogens is 1. The summed E-state index contributed by atoms with van der Waals surface area (Å²) in [6, 6.07) is 15.1. The van der Waals surface area contributed by atoms with Crippen LogP contribution in [0.3, 0.4) is 0 Å². The Hall–Kier alpha value is -1.28. The third-order valence-corrected chi connectivity index (χ3v) is 4.67. The van der Waals surface area contributed by atoms with Gasteiger partial charge in [0.15, 0.2) is 0 Å². The molecule has 0 heterocycles.